The molecule has 4 heteroatoms. The van der Waals surface area contributed by atoms with Gasteiger partial charge in [-0.3, -0.25) is 0 Å². The summed E-state index contributed by atoms with van der Waals surface area (Å²) in [5, 5.41) is 13.6. The summed E-state index contributed by atoms with van der Waals surface area (Å²) in [6, 6.07) is 20.5. The van der Waals surface area contributed by atoms with Gasteiger partial charge in [0.15, 0.2) is 0 Å². The Morgan fingerprint density at radius 1 is 1.00 bits per heavy atom. The van der Waals surface area contributed by atoms with E-state index in [1.807, 2.05) is 43.4 Å². The fourth-order valence-corrected chi connectivity index (χ4v) is 2.74. The number of hydrogen-bond donors (Lipinski definition) is 2. The number of aliphatic hydroxyl groups excluding tert-OH is 1. The summed E-state index contributed by atoms with van der Waals surface area (Å²) in [7, 11) is 2.01. The highest BCUT2D eigenvalue weighted by molar-refractivity contribution is 5.93. The Labute approximate surface area is 142 Å². The highest BCUT2D eigenvalue weighted by Crippen LogP contribution is 2.28. The first-order valence-electron chi connectivity index (χ1n) is 8.26. The van der Waals surface area contributed by atoms with Gasteiger partial charge in [-0.05, 0) is 19.2 Å². The van der Waals surface area contributed by atoms with Crippen molar-refractivity contribution in [1.29, 1.82) is 0 Å². The molecule has 1 heterocycles. The van der Waals surface area contributed by atoms with Crippen molar-refractivity contribution in [2.45, 2.75) is 0 Å². The fraction of sp³-hybridized carbons (Fsp3) is 0.250. The predicted molar refractivity (Wildman–Crippen MR) is 100 cm³/mol. The minimum absolute atomic E-state index is 0.187. The first kappa shape index (κ1) is 16.4. The van der Waals surface area contributed by atoms with E-state index in [1.165, 1.54) is 0 Å². The lowest BCUT2D eigenvalue weighted by Crippen LogP contribution is -2.27. The van der Waals surface area contributed by atoms with Crippen LogP contribution in [0.1, 0.15) is 0 Å². The molecule has 2 N–H and O–H groups in total. The van der Waals surface area contributed by atoms with E-state index >= 15 is 0 Å². The summed E-state index contributed by atoms with van der Waals surface area (Å²) in [6.45, 7) is 2.57. The van der Waals surface area contributed by atoms with Crippen molar-refractivity contribution in [2.75, 3.05) is 38.6 Å². The van der Waals surface area contributed by atoms with E-state index in [-0.39, 0.29) is 6.61 Å². The van der Waals surface area contributed by atoms with Crippen LogP contribution in [0, 0.1) is 0 Å². The number of anilines is 1. The first-order chi connectivity index (χ1) is 11.8. The van der Waals surface area contributed by atoms with Crippen molar-refractivity contribution < 1.29 is 5.11 Å². The summed E-state index contributed by atoms with van der Waals surface area (Å²) in [4.78, 5) is 6.90. The second kappa shape index (κ2) is 7.90. The average Bonchev–Trinajstić information content (AvgIpc) is 2.62. The molecule has 0 amide bonds. The van der Waals surface area contributed by atoms with Crippen molar-refractivity contribution in [3.63, 3.8) is 0 Å². The van der Waals surface area contributed by atoms with Crippen molar-refractivity contribution in [2.24, 2.45) is 0 Å². The Morgan fingerprint density at radius 3 is 2.54 bits per heavy atom. The van der Waals surface area contributed by atoms with Crippen LogP contribution in [0.4, 0.5) is 5.69 Å². The average molecular weight is 321 g/mol. The Morgan fingerprint density at radius 2 is 1.75 bits per heavy atom. The van der Waals surface area contributed by atoms with Crippen LogP contribution in [-0.2, 0) is 0 Å². The molecule has 0 aliphatic heterocycles. The largest absolute Gasteiger partial charge is 0.395 e. The van der Waals surface area contributed by atoms with Gasteiger partial charge in [0.1, 0.15) is 0 Å². The van der Waals surface area contributed by atoms with E-state index in [4.69, 9.17) is 10.1 Å². The van der Waals surface area contributed by atoms with Crippen LogP contribution in [0.2, 0.25) is 0 Å². The molecule has 0 unspecified atom stereocenters. The molecule has 0 aliphatic rings. The van der Waals surface area contributed by atoms with Gasteiger partial charge in [0.05, 0.1) is 17.8 Å². The molecule has 0 radical (unpaired) electrons. The molecule has 0 fully saturated rings. The molecular formula is C20H23N3O. The summed E-state index contributed by atoms with van der Waals surface area (Å²) >= 11 is 0. The molecule has 24 heavy (non-hydrogen) atoms. The Bertz CT molecular complexity index is 789. The van der Waals surface area contributed by atoms with Crippen molar-refractivity contribution >= 4 is 16.6 Å². The van der Waals surface area contributed by atoms with Crippen LogP contribution in [-0.4, -0.2) is 48.3 Å². The minimum Gasteiger partial charge on any atom is -0.395 e. The lowest BCUT2D eigenvalue weighted by Gasteiger charge is -2.17. The molecule has 124 valence electrons. The van der Waals surface area contributed by atoms with Gasteiger partial charge >= 0.3 is 0 Å². The third-order valence-corrected chi connectivity index (χ3v) is 4.08. The fourth-order valence-electron chi connectivity index (χ4n) is 2.74. The molecule has 0 saturated carbocycles. The number of para-hydroxylation sites is 1. The van der Waals surface area contributed by atoms with Gasteiger partial charge in [-0.15, -0.1) is 0 Å². The number of aromatic nitrogens is 1. The molecule has 0 atom stereocenters. The van der Waals surface area contributed by atoms with Gasteiger partial charge in [-0.25, -0.2) is 4.98 Å². The number of fused-ring (bicyclic) bond motifs is 1. The second-order valence-electron chi connectivity index (χ2n) is 5.89. The second-order valence-corrected chi connectivity index (χ2v) is 5.89. The SMILES string of the molecule is CN(CCO)CCNc1cc(-c2ccccc2)nc2ccccc12. The van der Waals surface area contributed by atoms with Crippen molar-refractivity contribution in [3.8, 4) is 11.3 Å². The van der Waals surface area contributed by atoms with Crippen LogP contribution in [0.15, 0.2) is 60.7 Å². The molecule has 0 bridgehead atoms. The molecule has 3 rings (SSSR count). The summed E-state index contributed by atoms with van der Waals surface area (Å²) < 4.78 is 0. The maximum Gasteiger partial charge on any atom is 0.0730 e. The quantitative estimate of drug-likeness (QED) is 0.701. The monoisotopic (exact) mass is 321 g/mol. The van der Waals surface area contributed by atoms with Crippen LogP contribution in [0.5, 0.6) is 0 Å². The van der Waals surface area contributed by atoms with Crippen LogP contribution < -0.4 is 5.32 Å². The predicted octanol–water partition coefficient (Wildman–Crippen LogP) is 3.24. The van der Waals surface area contributed by atoms with E-state index < -0.39 is 0 Å². The zero-order valence-electron chi connectivity index (χ0n) is 13.9. The molecule has 0 aliphatic carbocycles. The van der Waals surface area contributed by atoms with Gasteiger partial charge in [-0.1, -0.05) is 48.5 Å². The van der Waals surface area contributed by atoms with Crippen molar-refractivity contribution in [1.82, 2.24) is 9.88 Å². The minimum atomic E-state index is 0.187. The van der Waals surface area contributed by atoms with Gasteiger partial charge in [-0.2, -0.15) is 0 Å². The standard InChI is InChI=1S/C20H23N3O/c1-23(13-14-24)12-11-21-20-15-19(16-7-3-2-4-8-16)22-18-10-6-5-9-17(18)20/h2-10,15,24H,11-14H2,1H3,(H,21,22). The number of pyridine rings is 1. The third-order valence-electron chi connectivity index (χ3n) is 4.08. The molecule has 3 aromatic rings. The molecule has 1 aromatic heterocycles. The van der Waals surface area contributed by atoms with Crippen LogP contribution >= 0.6 is 0 Å². The Kier molecular flexibility index (Phi) is 5.41. The normalized spacial score (nSPS) is 11.1. The molecule has 2 aromatic carbocycles. The van der Waals surface area contributed by atoms with E-state index in [1.54, 1.807) is 0 Å². The highest BCUT2D eigenvalue weighted by Gasteiger charge is 2.07. The van der Waals surface area contributed by atoms with E-state index in [2.05, 4.69) is 34.5 Å². The molecular weight excluding hydrogens is 298 g/mol. The molecule has 4 nitrogen and oxygen atoms in total. The van der Waals surface area contributed by atoms with Gasteiger partial charge in [0.2, 0.25) is 0 Å². The molecule has 0 saturated heterocycles. The topological polar surface area (TPSA) is 48.4 Å². The third kappa shape index (κ3) is 3.91. The van der Waals surface area contributed by atoms with Crippen molar-refractivity contribution in [3.05, 3.63) is 60.7 Å². The van der Waals surface area contributed by atoms with Crippen LogP contribution in [0.3, 0.4) is 0 Å². The van der Waals surface area contributed by atoms with Gasteiger partial charge in [0, 0.05) is 36.3 Å². The van der Waals surface area contributed by atoms with E-state index in [0.29, 0.717) is 6.54 Å². The maximum absolute atomic E-state index is 8.99. The summed E-state index contributed by atoms with van der Waals surface area (Å²) in [5.74, 6) is 0. The Balaban J connectivity index is 1.88. The highest BCUT2D eigenvalue weighted by atomic mass is 16.3. The summed E-state index contributed by atoms with van der Waals surface area (Å²) in [6.07, 6.45) is 0. The number of benzene rings is 2. The van der Waals surface area contributed by atoms with E-state index in [9.17, 15) is 0 Å². The van der Waals surface area contributed by atoms with Gasteiger partial charge in [0.25, 0.3) is 0 Å². The number of hydrogen-bond acceptors (Lipinski definition) is 4. The zero-order valence-corrected chi connectivity index (χ0v) is 13.9. The summed E-state index contributed by atoms with van der Waals surface area (Å²) in [5.41, 5.74) is 4.17. The lowest BCUT2D eigenvalue weighted by atomic mass is 10.1. The number of rotatable bonds is 7. The van der Waals surface area contributed by atoms with Crippen LogP contribution in [0.25, 0.3) is 22.2 Å². The number of likely N-dealkylation sites (N-methyl/N-ethyl adjacent to an activating group) is 1. The molecule has 0 spiro atoms. The smallest absolute Gasteiger partial charge is 0.0730 e. The number of aliphatic hydroxyl groups is 1. The van der Waals surface area contributed by atoms with E-state index in [0.717, 1.165) is 40.9 Å². The lowest BCUT2D eigenvalue weighted by molar-refractivity contribution is 0.225. The Hall–Kier alpha value is -2.43. The number of nitrogens with zero attached hydrogens (tertiary/aromatic N) is 2. The maximum atomic E-state index is 8.99. The number of nitrogens with one attached hydrogen (secondary N) is 1. The first-order valence-corrected chi connectivity index (χ1v) is 8.26. The zero-order chi connectivity index (χ0) is 16.8. The van der Waals surface area contributed by atoms with Gasteiger partial charge < -0.3 is 15.3 Å².